The Bertz CT molecular complexity index is 508. The first-order valence-electron chi connectivity index (χ1n) is 7.01. The molecule has 0 saturated heterocycles. The summed E-state index contributed by atoms with van der Waals surface area (Å²) >= 11 is 0. The molecular formula is C15H22N4O. The Labute approximate surface area is 119 Å². The number of aliphatic imine (C=N–C) groups is 1. The van der Waals surface area contributed by atoms with Crippen LogP contribution in [0.3, 0.4) is 0 Å². The van der Waals surface area contributed by atoms with Crippen LogP contribution in [-0.4, -0.2) is 36.4 Å². The lowest BCUT2D eigenvalue weighted by atomic mass is 10.1. The monoisotopic (exact) mass is 274 g/mol. The number of nitrogens with one attached hydrogen (secondary N) is 1. The fourth-order valence-electron chi connectivity index (χ4n) is 2.01. The number of hydrogen-bond donors (Lipinski definition) is 2. The van der Waals surface area contributed by atoms with Crippen LogP contribution in [-0.2, 0) is 6.54 Å². The second-order valence-corrected chi connectivity index (χ2v) is 5.08. The van der Waals surface area contributed by atoms with Crippen LogP contribution in [0, 0.1) is 0 Å². The smallest absolute Gasteiger partial charge is 0.251 e. The lowest BCUT2D eigenvalue weighted by molar-refractivity contribution is 0.0955. The van der Waals surface area contributed by atoms with Gasteiger partial charge in [0.05, 0.1) is 6.54 Å². The van der Waals surface area contributed by atoms with Gasteiger partial charge in [-0.05, 0) is 37.5 Å². The van der Waals surface area contributed by atoms with Crippen molar-refractivity contribution in [3.05, 3.63) is 35.4 Å². The molecule has 0 aliphatic heterocycles. The average Bonchev–Trinajstić information content (AvgIpc) is 3.29. The van der Waals surface area contributed by atoms with Crippen molar-refractivity contribution >= 4 is 11.9 Å². The molecular weight excluding hydrogens is 252 g/mol. The summed E-state index contributed by atoms with van der Waals surface area (Å²) in [7, 11) is 1.97. The molecule has 0 bridgehead atoms. The molecule has 1 aromatic rings. The highest BCUT2D eigenvalue weighted by atomic mass is 16.1. The third-order valence-corrected chi connectivity index (χ3v) is 3.41. The van der Waals surface area contributed by atoms with Crippen LogP contribution in [0.4, 0.5) is 0 Å². The van der Waals surface area contributed by atoms with Gasteiger partial charge < -0.3 is 16.0 Å². The van der Waals surface area contributed by atoms with E-state index in [-0.39, 0.29) is 5.91 Å². The fourth-order valence-corrected chi connectivity index (χ4v) is 2.01. The fraction of sp³-hybridized carbons (Fsp3) is 0.467. The van der Waals surface area contributed by atoms with Gasteiger partial charge in [0.1, 0.15) is 0 Å². The van der Waals surface area contributed by atoms with Crippen molar-refractivity contribution < 1.29 is 4.79 Å². The molecule has 5 heteroatoms. The maximum atomic E-state index is 11.8. The summed E-state index contributed by atoms with van der Waals surface area (Å²) < 4.78 is 0. The molecule has 1 aromatic carbocycles. The molecule has 1 aliphatic carbocycles. The van der Waals surface area contributed by atoms with Crippen LogP contribution < -0.4 is 11.1 Å². The highest BCUT2D eigenvalue weighted by Gasteiger charge is 2.27. The van der Waals surface area contributed by atoms with Gasteiger partial charge in [-0.2, -0.15) is 0 Å². The number of nitrogens with zero attached hydrogens (tertiary/aromatic N) is 2. The average molecular weight is 274 g/mol. The van der Waals surface area contributed by atoms with Gasteiger partial charge in [-0.3, -0.25) is 4.79 Å². The van der Waals surface area contributed by atoms with Crippen molar-refractivity contribution in [1.29, 1.82) is 0 Å². The number of benzene rings is 1. The molecule has 1 aliphatic rings. The van der Waals surface area contributed by atoms with E-state index in [1.165, 1.54) is 12.8 Å². The van der Waals surface area contributed by atoms with Crippen LogP contribution in [0.25, 0.3) is 0 Å². The molecule has 0 heterocycles. The maximum absolute atomic E-state index is 11.8. The van der Waals surface area contributed by atoms with Gasteiger partial charge in [0, 0.05) is 25.2 Å². The number of nitrogens with two attached hydrogens (primary N) is 1. The normalized spacial score (nSPS) is 15.0. The minimum Gasteiger partial charge on any atom is -0.370 e. The Balaban J connectivity index is 2.00. The molecule has 0 spiro atoms. The van der Waals surface area contributed by atoms with Gasteiger partial charge in [-0.1, -0.05) is 12.1 Å². The third-order valence-electron chi connectivity index (χ3n) is 3.41. The Kier molecular flexibility index (Phi) is 4.61. The number of carbonyl (C=O) groups excluding carboxylic acids is 1. The molecule has 1 amide bonds. The van der Waals surface area contributed by atoms with E-state index in [9.17, 15) is 4.79 Å². The SMILES string of the molecule is CCNC(=O)c1cccc(CN=C(N)N(C)C2CC2)c1. The van der Waals surface area contributed by atoms with E-state index in [0.29, 0.717) is 30.7 Å². The standard InChI is InChI=1S/C15H22N4O/c1-3-17-14(20)12-6-4-5-11(9-12)10-18-15(16)19(2)13-7-8-13/h4-6,9,13H,3,7-8,10H2,1-2H3,(H2,16,18)(H,17,20). The topological polar surface area (TPSA) is 70.7 Å². The Morgan fingerprint density at radius 2 is 2.25 bits per heavy atom. The van der Waals surface area contributed by atoms with Crippen LogP contribution in [0.15, 0.2) is 29.3 Å². The molecule has 0 radical (unpaired) electrons. The van der Waals surface area contributed by atoms with Gasteiger partial charge in [0.25, 0.3) is 5.91 Å². The number of guanidine groups is 1. The number of carbonyl (C=O) groups is 1. The largest absolute Gasteiger partial charge is 0.370 e. The van der Waals surface area contributed by atoms with Crippen LogP contribution >= 0.6 is 0 Å². The lowest BCUT2D eigenvalue weighted by Gasteiger charge is -2.16. The van der Waals surface area contributed by atoms with Gasteiger partial charge in [-0.25, -0.2) is 4.99 Å². The summed E-state index contributed by atoms with van der Waals surface area (Å²) in [6.07, 6.45) is 2.39. The van der Waals surface area contributed by atoms with Gasteiger partial charge in [0.15, 0.2) is 5.96 Å². The van der Waals surface area contributed by atoms with Crippen LogP contribution in [0.2, 0.25) is 0 Å². The molecule has 1 fully saturated rings. The quantitative estimate of drug-likeness (QED) is 0.629. The minimum atomic E-state index is -0.0543. The second-order valence-electron chi connectivity index (χ2n) is 5.08. The summed E-state index contributed by atoms with van der Waals surface area (Å²) in [6.45, 7) is 3.02. The number of amides is 1. The van der Waals surface area contributed by atoms with Crippen molar-refractivity contribution in [1.82, 2.24) is 10.2 Å². The predicted octanol–water partition coefficient (Wildman–Crippen LogP) is 1.35. The van der Waals surface area contributed by atoms with Gasteiger partial charge in [0.2, 0.25) is 0 Å². The van der Waals surface area contributed by atoms with E-state index >= 15 is 0 Å². The highest BCUT2D eigenvalue weighted by Crippen LogP contribution is 2.24. The van der Waals surface area contributed by atoms with E-state index in [2.05, 4.69) is 10.3 Å². The Morgan fingerprint density at radius 3 is 2.90 bits per heavy atom. The van der Waals surface area contributed by atoms with Crippen LogP contribution in [0.1, 0.15) is 35.7 Å². The summed E-state index contributed by atoms with van der Waals surface area (Å²) in [5, 5.41) is 2.79. The van der Waals surface area contributed by atoms with Crippen molar-refractivity contribution in [3.63, 3.8) is 0 Å². The minimum absolute atomic E-state index is 0.0543. The van der Waals surface area contributed by atoms with Crippen LogP contribution in [0.5, 0.6) is 0 Å². The van der Waals surface area contributed by atoms with Crippen molar-refractivity contribution in [2.75, 3.05) is 13.6 Å². The number of rotatable bonds is 5. The molecule has 1 saturated carbocycles. The zero-order chi connectivity index (χ0) is 14.5. The van der Waals surface area contributed by atoms with Crippen molar-refractivity contribution in [3.8, 4) is 0 Å². The zero-order valence-electron chi connectivity index (χ0n) is 12.1. The molecule has 0 aromatic heterocycles. The van der Waals surface area contributed by atoms with Crippen molar-refractivity contribution in [2.24, 2.45) is 10.7 Å². The Morgan fingerprint density at radius 1 is 1.50 bits per heavy atom. The summed E-state index contributed by atoms with van der Waals surface area (Å²) in [6, 6.07) is 8.05. The van der Waals surface area contributed by atoms with E-state index in [1.54, 1.807) is 6.07 Å². The summed E-state index contributed by atoms with van der Waals surface area (Å²) in [5.41, 5.74) is 7.60. The van der Waals surface area contributed by atoms with E-state index in [1.807, 2.05) is 37.1 Å². The molecule has 108 valence electrons. The first kappa shape index (κ1) is 14.4. The first-order valence-corrected chi connectivity index (χ1v) is 7.01. The number of hydrogen-bond acceptors (Lipinski definition) is 2. The predicted molar refractivity (Wildman–Crippen MR) is 80.6 cm³/mol. The van der Waals surface area contributed by atoms with E-state index in [4.69, 9.17) is 5.73 Å². The van der Waals surface area contributed by atoms with E-state index in [0.717, 1.165) is 5.56 Å². The van der Waals surface area contributed by atoms with Gasteiger partial charge >= 0.3 is 0 Å². The Hall–Kier alpha value is -2.04. The molecule has 0 atom stereocenters. The molecule has 20 heavy (non-hydrogen) atoms. The molecule has 3 N–H and O–H groups in total. The van der Waals surface area contributed by atoms with E-state index < -0.39 is 0 Å². The molecule has 2 rings (SSSR count). The highest BCUT2D eigenvalue weighted by molar-refractivity contribution is 5.94. The third kappa shape index (κ3) is 3.73. The van der Waals surface area contributed by atoms with Crippen molar-refractivity contribution in [2.45, 2.75) is 32.4 Å². The summed E-state index contributed by atoms with van der Waals surface area (Å²) in [5.74, 6) is 0.511. The molecule has 0 unspecified atom stereocenters. The van der Waals surface area contributed by atoms with Gasteiger partial charge in [-0.15, -0.1) is 0 Å². The lowest BCUT2D eigenvalue weighted by Crippen LogP contribution is -2.35. The summed E-state index contributed by atoms with van der Waals surface area (Å²) in [4.78, 5) is 18.2. The molecule has 5 nitrogen and oxygen atoms in total. The second kappa shape index (κ2) is 6.41. The maximum Gasteiger partial charge on any atom is 0.251 e. The zero-order valence-corrected chi connectivity index (χ0v) is 12.1. The first-order chi connectivity index (χ1) is 9.61.